The number of rotatable bonds is 5. The van der Waals surface area contributed by atoms with Crippen LogP contribution in [0.15, 0.2) is 10.6 Å². The van der Waals surface area contributed by atoms with Gasteiger partial charge in [0.25, 0.3) is 0 Å². The van der Waals surface area contributed by atoms with E-state index in [1.807, 2.05) is 6.07 Å². The molecule has 3 aliphatic rings. The summed E-state index contributed by atoms with van der Waals surface area (Å²) in [6.07, 6.45) is 6.40. The van der Waals surface area contributed by atoms with Gasteiger partial charge in [-0.1, -0.05) is 38.3 Å². The molecule has 1 aliphatic carbocycles. The minimum absolute atomic E-state index is 0.221. The van der Waals surface area contributed by atoms with Gasteiger partial charge in [-0.3, -0.25) is 14.6 Å². The minimum atomic E-state index is -0.619. The lowest BCUT2D eigenvalue weighted by Crippen LogP contribution is -2.43. The summed E-state index contributed by atoms with van der Waals surface area (Å²) in [4.78, 5) is 17.0. The molecule has 0 spiro atoms. The van der Waals surface area contributed by atoms with Gasteiger partial charge in [-0.2, -0.15) is 0 Å². The highest BCUT2D eigenvalue weighted by Gasteiger charge is 2.58. The second-order valence-electron chi connectivity index (χ2n) is 8.92. The number of nitrogens with zero attached hydrogens (tertiary/aromatic N) is 3. The van der Waals surface area contributed by atoms with Gasteiger partial charge in [0, 0.05) is 56.7 Å². The van der Waals surface area contributed by atoms with E-state index in [1.54, 1.807) is 0 Å². The summed E-state index contributed by atoms with van der Waals surface area (Å²) in [7, 11) is 0. The number of aromatic nitrogens is 1. The van der Waals surface area contributed by atoms with Crippen molar-refractivity contribution in [2.45, 2.75) is 64.5 Å². The van der Waals surface area contributed by atoms with E-state index in [2.05, 4.69) is 28.8 Å². The number of hydrogen-bond donors (Lipinski definition) is 1. The topological polar surface area (TPSA) is 69.8 Å². The van der Waals surface area contributed by atoms with Crippen molar-refractivity contribution >= 4 is 5.97 Å². The number of hydrogen-bond acceptors (Lipinski definition) is 5. The predicted octanol–water partition coefficient (Wildman–Crippen LogP) is 2.95. The molecule has 6 heteroatoms. The maximum Gasteiger partial charge on any atom is 0.312 e. The van der Waals surface area contributed by atoms with Gasteiger partial charge in [0.2, 0.25) is 0 Å². The molecular weight excluding hydrogens is 330 g/mol. The molecule has 1 aromatic rings. The Hall–Kier alpha value is -1.40. The van der Waals surface area contributed by atoms with Crippen LogP contribution in [0.2, 0.25) is 0 Å². The predicted molar refractivity (Wildman–Crippen MR) is 97.9 cm³/mol. The average molecular weight is 361 g/mol. The van der Waals surface area contributed by atoms with E-state index in [0.717, 1.165) is 24.5 Å². The zero-order valence-corrected chi connectivity index (χ0v) is 16.0. The van der Waals surface area contributed by atoms with Gasteiger partial charge in [0.15, 0.2) is 0 Å². The highest BCUT2D eigenvalue weighted by Crippen LogP contribution is 2.45. The molecule has 0 bridgehead atoms. The molecule has 0 unspecified atom stereocenters. The lowest BCUT2D eigenvalue weighted by Gasteiger charge is -2.33. The average Bonchev–Trinajstić information content (AvgIpc) is 3.29. The largest absolute Gasteiger partial charge is 0.481 e. The molecule has 0 amide bonds. The van der Waals surface area contributed by atoms with E-state index in [1.165, 1.54) is 32.1 Å². The number of carboxylic acids is 1. The fourth-order valence-electron chi connectivity index (χ4n) is 5.26. The van der Waals surface area contributed by atoms with Crippen LogP contribution >= 0.6 is 0 Å². The molecule has 1 aromatic heterocycles. The van der Waals surface area contributed by atoms with Crippen LogP contribution in [0.25, 0.3) is 0 Å². The quantitative estimate of drug-likeness (QED) is 0.869. The van der Waals surface area contributed by atoms with Gasteiger partial charge in [0.1, 0.15) is 5.76 Å². The molecule has 0 radical (unpaired) electrons. The Morgan fingerprint density at radius 1 is 1.31 bits per heavy atom. The molecule has 0 aromatic carbocycles. The smallest absolute Gasteiger partial charge is 0.312 e. The van der Waals surface area contributed by atoms with Crippen LogP contribution in [-0.2, 0) is 11.3 Å². The van der Waals surface area contributed by atoms with Crippen molar-refractivity contribution in [2.75, 3.05) is 26.2 Å². The van der Waals surface area contributed by atoms with Crippen LogP contribution in [0.1, 0.15) is 63.3 Å². The summed E-state index contributed by atoms with van der Waals surface area (Å²) in [6.45, 7) is 7.98. The second-order valence-corrected chi connectivity index (χ2v) is 8.92. The van der Waals surface area contributed by atoms with Crippen molar-refractivity contribution in [2.24, 2.45) is 11.3 Å². The van der Waals surface area contributed by atoms with Crippen LogP contribution in [0, 0.1) is 11.3 Å². The molecule has 3 heterocycles. The number of carboxylic acid groups (broad SMARTS) is 1. The first kappa shape index (κ1) is 18.0. The van der Waals surface area contributed by atoms with Crippen LogP contribution < -0.4 is 0 Å². The molecular formula is C20H31N3O3. The third-order valence-electron chi connectivity index (χ3n) is 6.75. The summed E-state index contributed by atoms with van der Waals surface area (Å²) < 4.78 is 5.40. The van der Waals surface area contributed by atoms with Gasteiger partial charge in [0.05, 0.1) is 11.1 Å². The number of fused-ring (bicyclic) bond motifs is 1. The Balaban J connectivity index is 1.43. The van der Waals surface area contributed by atoms with Gasteiger partial charge >= 0.3 is 5.97 Å². The minimum Gasteiger partial charge on any atom is -0.481 e. The van der Waals surface area contributed by atoms with Crippen LogP contribution in [0.3, 0.4) is 0 Å². The third-order valence-corrected chi connectivity index (χ3v) is 6.75. The Morgan fingerprint density at radius 3 is 2.69 bits per heavy atom. The zero-order chi connectivity index (χ0) is 18.3. The monoisotopic (exact) mass is 361 g/mol. The van der Waals surface area contributed by atoms with E-state index in [0.29, 0.717) is 31.6 Å². The van der Waals surface area contributed by atoms with Crippen molar-refractivity contribution in [1.82, 2.24) is 15.0 Å². The highest BCUT2D eigenvalue weighted by atomic mass is 16.5. The number of aliphatic carboxylic acids is 1. The van der Waals surface area contributed by atoms with Crippen molar-refractivity contribution in [3.63, 3.8) is 0 Å². The molecule has 2 aliphatic heterocycles. The summed E-state index contributed by atoms with van der Waals surface area (Å²) >= 11 is 0. The Labute approximate surface area is 155 Å². The van der Waals surface area contributed by atoms with E-state index in [4.69, 9.17) is 4.52 Å². The van der Waals surface area contributed by atoms with E-state index < -0.39 is 11.4 Å². The van der Waals surface area contributed by atoms with E-state index in [-0.39, 0.29) is 5.92 Å². The van der Waals surface area contributed by atoms with Gasteiger partial charge < -0.3 is 9.63 Å². The molecule has 1 N–H and O–H groups in total. The van der Waals surface area contributed by atoms with Crippen LogP contribution in [0.5, 0.6) is 0 Å². The van der Waals surface area contributed by atoms with Crippen molar-refractivity contribution in [3.05, 3.63) is 17.5 Å². The maximum atomic E-state index is 12.2. The molecule has 4 rings (SSSR count). The van der Waals surface area contributed by atoms with Crippen LogP contribution in [0.4, 0.5) is 0 Å². The number of carbonyl (C=O) groups is 1. The summed E-state index contributed by atoms with van der Waals surface area (Å²) in [5, 5.41) is 14.2. The zero-order valence-electron chi connectivity index (χ0n) is 16.0. The standard InChI is InChI=1S/C20H31N3O3/c1-14(2)18-8-16(21-26-18)11-22-9-15-10-23(17-6-4-3-5-7-17)13-20(15,12-22)19(24)25/h8,14-15,17H,3-7,9-13H2,1-2H3,(H,24,25)/t15-,20-/m0/s1. The SMILES string of the molecule is CC(C)c1cc(CN2C[C@H]3CN(C4CCCCC4)C[C@@]3(C(=O)O)C2)no1. The molecule has 2 saturated heterocycles. The Kier molecular flexibility index (Phi) is 4.82. The fraction of sp³-hybridized carbons (Fsp3) is 0.800. The molecule has 144 valence electrons. The molecule has 1 saturated carbocycles. The normalized spacial score (nSPS) is 31.0. The first-order valence-electron chi connectivity index (χ1n) is 10.1. The maximum absolute atomic E-state index is 12.2. The van der Waals surface area contributed by atoms with Crippen molar-refractivity contribution in [1.29, 1.82) is 0 Å². The first-order chi connectivity index (χ1) is 12.5. The molecule has 26 heavy (non-hydrogen) atoms. The Morgan fingerprint density at radius 2 is 2.08 bits per heavy atom. The van der Waals surface area contributed by atoms with E-state index >= 15 is 0 Å². The van der Waals surface area contributed by atoms with Gasteiger partial charge in [-0.25, -0.2) is 0 Å². The van der Waals surface area contributed by atoms with Crippen molar-refractivity contribution < 1.29 is 14.4 Å². The molecule has 6 nitrogen and oxygen atoms in total. The second kappa shape index (κ2) is 6.97. The van der Waals surface area contributed by atoms with Gasteiger partial charge in [-0.05, 0) is 12.8 Å². The highest BCUT2D eigenvalue weighted by molar-refractivity contribution is 5.77. The summed E-state index contributed by atoms with van der Waals surface area (Å²) in [5.74, 6) is 0.823. The van der Waals surface area contributed by atoms with Crippen LogP contribution in [-0.4, -0.2) is 58.3 Å². The first-order valence-corrected chi connectivity index (χ1v) is 10.1. The van der Waals surface area contributed by atoms with E-state index in [9.17, 15) is 9.90 Å². The summed E-state index contributed by atoms with van der Waals surface area (Å²) in [6, 6.07) is 2.61. The Bertz CT molecular complexity index is 652. The van der Waals surface area contributed by atoms with Crippen molar-refractivity contribution in [3.8, 4) is 0 Å². The third kappa shape index (κ3) is 3.18. The molecule has 2 atom stereocenters. The lowest BCUT2D eigenvalue weighted by atomic mass is 9.81. The number of likely N-dealkylation sites (tertiary alicyclic amines) is 2. The fourth-order valence-corrected chi connectivity index (χ4v) is 5.26. The molecule has 3 fully saturated rings. The lowest BCUT2D eigenvalue weighted by molar-refractivity contribution is -0.149. The summed E-state index contributed by atoms with van der Waals surface area (Å²) in [5.41, 5.74) is 0.306. The van der Waals surface area contributed by atoms with Gasteiger partial charge in [-0.15, -0.1) is 0 Å².